The maximum atomic E-state index is 13.5. The minimum absolute atomic E-state index is 0.0716. The molecule has 1 aliphatic rings. The van der Waals surface area contributed by atoms with Gasteiger partial charge in [0.25, 0.3) is 11.8 Å². The second-order valence-corrected chi connectivity index (χ2v) is 7.95. The fourth-order valence-electron chi connectivity index (χ4n) is 3.16. The summed E-state index contributed by atoms with van der Waals surface area (Å²) in [6.45, 7) is 4.09. The van der Waals surface area contributed by atoms with Gasteiger partial charge in [-0.15, -0.1) is 5.10 Å². The number of aryl methyl sites for hydroxylation is 1. The van der Waals surface area contributed by atoms with Gasteiger partial charge in [-0.1, -0.05) is 12.1 Å². The second-order valence-electron chi connectivity index (χ2n) is 7.95. The zero-order valence-electron chi connectivity index (χ0n) is 17.1. The van der Waals surface area contributed by atoms with Crippen LogP contribution < -0.4 is 10.1 Å². The first-order valence-corrected chi connectivity index (χ1v) is 9.94. The summed E-state index contributed by atoms with van der Waals surface area (Å²) in [7, 11) is 0. The van der Waals surface area contributed by atoms with Crippen molar-refractivity contribution in [3.05, 3.63) is 53.7 Å². The SMILES string of the molecule is Cc1ccc(C(=O)NC2CC2)cc1-c1ccc2c(OC(C)C(C)(F)F)nncc2c1. The van der Waals surface area contributed by atoms with Crippen LogP contribution in [-0.4, -0.2) is 34.2 Å². The molecule has 4 rings (SSSR count). The molecule has 1 saturated carbocycles. The summed E-state index contributed by atoms with van der Waals surface area (Å²) in [5.41, 5.74) is 3.45. The van der Waals surface area contributed by atoms with Gasteiger partial charge < -0.3 is 10.1 Å². The van der Waals surface area contributed by atoms with Crippen molar-refractivity contribution in [2.75, 3.05) is 0 Å². The highest BCUT2D eigenvalue weighted by atomic mass is 19.3. The summed E-state index contributed by atoms with van der Waals surface area (Å²) < 4.78 is 32.4. The number of rotatable bonds is 6. The molecule has 1 aromatic heterocycles. The smallest absolute Gasteiger partial charge is 0.281 e. The van der Waals surface area contributed by atoms with Gasteiger partial charge >= 0.3 is 0 Å². The van der Waals surface area contributed by atoms with Gasteiger partial charge in [0.05, 0.1) is 6.20 Å². The molecule has 2 aromatic carbocycles. The third-order valence-electron chi connectivity index (χ3n) is 5.35. The van der Waals surface area contributed by atoms with Gasteiger partial charge in [-0.3, -0.25) is 4.79 Å². The van der Waals surface area contributed by atoms with E-state index in [1.54, 1.807) is 12.3 Å². The van der Waals surface area contributed by atoms with E-state index in [4.69, 9.17) is 4.74 Å². The molecule has 1 unspecified atom stereocenters. The van der Waals surface area contributed by atoms with E-state index in [1.807, 2.05) is 37.3 Å². The fourth-order valence-corrected chi connectivity index (χ4v) is 3.16. The van der Waals surface area contributed by atoms with Crippen LogP contribution in [0.25, 0.3) is 21.9 Å². The molecule has 1 fully saturated rings. The van der Waals surface area contributed by atoms with Crippen molar-refractivity contribution >= 4 is 16.7 Å². The number of amides is 1. The molecule has 0 saturated heterocycles. The second kappa shape index (κ2) is 7.63. The molecule has 1 aliphatic carbocycles. The number of alkyl halides is 2. The minimum Gasteiger partial charge on any atom is -0.467 e. The predicted molar refractivity (Wildman–Crippen MR) is 111 cm³/mol. The van der Waals surface area contributed by atoms with E-state index in [1.165, 1.54) is 6.92 Å². The number of halogens is 2. The molecule has 0 aliphatic heterocycles. The molecule has 7 heteroatoms. The summed E-state index contributed by atoms with van der Waals surface area (Å²) in [4.78, 5) is 12.4. The lowest BCUT2D eigenvalue weighted by molar-refractivity contribution is -0.0729. The Kier molecular flexibility index (Phi) is 5.13. The number of ether oxygens (including phenoxy) is 1. The lowest BCUT2D eigenvalue weighted by Gasteiger charge is -2.20. The molecule has 0 bridgehead atoms. The van der Waals surface area contributed by atoms with E-state index < -0.39 is 12.0 Å². The highest BCUT2D eigenvalue weighted by Gasteiger charge is 2.33. The van der Waals surface area contributed by atoms with Crippen LogP contribution in [0, 0.1) is 6.92 Å². The van der Waals surface area contributed by atoms with Crippen LogP contribution in [0.4, 0.5) is 8.78 Å². The monoisotopic (exact) mass is 411 g/mol. The highest BCUT2D eigenvalue weighted by Crippen LogP contribution is 2.32. The first-order valence-electron chi connectivity index (χ1n) is 9.94. The molecule has 30 heavy (non-hydrogen) atoms. The van der Waals surface area contributed by atoms with Gasteiger partial charge in [0, 0.05) is 29.3 Å². The summed E-state index contributed by atoms with van der Waals surface area (Å²) >= 11 is 0. The van der Waals surface area contributed by atoms with Crippen LogP contribution >= 0.6 is 0 Å². The molecule has 3 aromatic rings. The number of nitrogens with one attached hydrogen (secondary N) is 1. The van der Waals surface area contributed by atoms with Crippen LogP contribution in [0.1, 0.15) is 42.6 Å². The van der Waals surface area contributed by atoms with E-state index in [-0.39, 0.29) is 17.8 Å². The van der Waals surface area contributed by atoms with E-state index >= 15 is 0 Å². The van der Waals surface area contributed by atoms with Crippen LogP contribution in [0.2, 0.25) is 0 Å². The molecule has 1 heterocycles. The van der Waals surface area contributed by atoms with E-state index in [9.17, 15) is 13.6 Å². The molecule has 1 amide bonds. The summed E-state index contributed by atoms with van der Waals surface area (Å²) in [5.74, 6) is -3.00. The lowest BCUT2D eigenvalue weighted by Crippen LogP contribution is -2.32. The Morgan fingerprint density at radius 3 is 2.70 bits per heavy atom. The summed E-state index contributed by atoms with van der Waals surface area (Å²) in [6.07, 6.45) is 2.30. The quantitative estimate of drug-likeness (QED) is 0.625. The molecule has 0 spiro atoms. The zero-order chi connectivity index (χ0) is 21.5. The molecule has 5 nitrogen and oxygen atoms in total. The van der Waals surface area contributed by atoms with Crippen molar-refractivity contribution in [2.24, 2.45) is 0 Å². The van der Waals surface area contributed by atoms with Crippen LogP contribution in [0.5, 0.6) is 5.88 Å². The van der Waals surface area contributed by atoms with Crippen molar-refractivity contribution in [1.29, 1.82) is 0 Å². The molecular formula is C23H23F2N3O2. The van der Waals surface area contributed by atoms with Gasteiger partial charge in [-0.05, 0) is 67.6 Å². The van der Waals surface area contributed by atoms with Gasteiger partial charge in [0.1, 0.15) is 0 Å². The number of hydrogen-bond acceptors (Lipinski definition) is 4. The van der Waals surface area contributed by atoms with Crippen molar-refractivity contribution < 1.29 is 18.3 Å². The fraction of sp³-hybridized carbons (Fsp3) is 0.348. The highest BCUT2D eigenvalue weighted by molar-refractivity contribution is 5.97. The number of aromatic nitrogens is 2. The topological polar surface area (TPSA) is 64.1 Å². The molecule has 156 valence electrons. The number of benzene rings is 2. The number of nitrogens with zero attached hydrogens (tertiary/aromatic N) is 2. The van der Waals surface area contributed by atoms with Crippen molar-refractivity contribution in [2.45, 2.75) is 51.7 Å². The van der Waals surface area contributed by atoms with E-state index in [0.29, 0.717) is 10.9 Å². The number of carbonyl (C=O) groups excluding carboxylic acids is 1. The number of hydrogen-bond donors (Lipinski definition) is 1. The maximum Gasteiger partial charge on any atom is 0.281 e. The van der Waals surface area contributed by atoms with Gasteiger partial charge in [0.2, 0.25) is 5.88 Å². The Morgan fingerprint density at radius 1 is 1.23 bits per heavy atom. The van der Waals surface area contributed by atoms with E-state index in [2.05, 4.69) is 15.5 Å². The molecular weight excluding hydrogens is 388 g/mol. The average molecular weight is 411 g/mol. The standard InChI is InChI=1S/C23H23F2N3O2/c1-13-4-5-16(21(29)27-18-7-8-18)11-20(13)15-6-9-19-17(10-15)12-26-28-22(19)30-14(2)23(3,24)25/h4-6,9-12,14,18H,7-8H2,1-3H3,(H,27,29). The lowest BCUT2D eigenvalue weighted by atomic mass is 9.96. The molecule has 1 N–H and O–H groups in total. The van der Waals surface area contributed by atoms with Gasteiger partial charge in [-0.25, -0.2) is 8.78 Å². The third kappa shape index (κ3) is 4.25. The summed E-state index contributed by atoms with van der Waals surface area (Å²) in [5, 5.41) is 12.1. The number of carbonyl (C=O) groups is 1. The zero-order valence-corrected chi connectivity index (χ0v) is 17.1. The minimum atomic E-state index is -3.00. The van der Waals surface area contributed by atoms with Crippen molar-refractivity contribution in [3.8, 4) is 17.0 Å². The molecule has 0 radical (unpaired) electrons. The van der Waals surface area contributed by atoms with Crippen molar-refractivity contribution in [1.82, 2.24) is 15.5 Å². The molecule has 1 atom stereocenters. The Hall–Kier alpha value is -3.09. The first kappa shape index (κ1) is 20.2. The Balaban J connectivity index is 1.68. The Morgan fingerprint density at radius 2 is 2.00 bits per heavy atom. The summed E-state index contributed by atoms with van der Waals surface area (Å²) in [6, 6.07) is 11.5. The Bertz CT molecular complexity index is 1110. The third-order valence-corrected chi connectivity index (χ3v) is 5.35. The average Bonchev–Trinajstić information content (AvgIpc) is 3.51. The van der Waals surface area contributed by atoms with Gasteiger partial charge in [0.15, 0.2) is 6.10 Å². The van der Waals surface area contributed by atoms with Crippen LogP contribution in [0.15, 0.2) is 42.6 Å². The van der Waals surface area contributed by atoms with Crippen LogP contribution in [0.3, 0.4) is 0 Å². The van der Waals surface area contributed by atoms with Crippen molar-refractivity contribution in [3.63, 3.8) is 0 Å². The Labute approximate surface area is 173 Å². The predicted octanol–water partition coefficient (Wildman–Crippen LogP) is 4.92. The maximum absolute atomic E-state index is 13.5. The normalized spacial score (nSPS) is 15.1. The van der Waals surface area contributed by atoms with Crippen LogP contribution in [-0.2, 0) is 0 Å². The van der Waals surface area contributed by atoms with Gasteiger partial charge in [-0.2, -0.15) is 5.10 Å². The van der Waals surface area contributed by atoms with E-state index in [0.717, 1.165) is 41.8 Å². The largest absolute Gasteiger partial charge is 0.467 e. The first-order chi connectivity index (χ1) is 14.2. The number of fused-ring (bicyclic) bond motifs is 1.